The second kappa shape index (κ2) is 7.95. The molecule has 0 aromatic heterocycles. The Morgan fingerprint density at radius 3 is 2.09 bits per heavy atom. The van der Waals surface area contributed by atoms with Crippen LogP contribution in [0.1, 0.15) is 10.4 Å². The Kier molecular flexibility index (Phi) is 6.46. The van der Waals surface area contributed by atoms with Gasteiger partial charge in [-0.25, -0.2) is 0 Å². The van der Waals surface area contributed by atoms with Gasteiger partial charge in [-0.1, -0.05) is 62.3 Å². The highest BCUT2D eigenvalue weighted by atomic mass is 79.9. The van der Waals surface area contributed by atoms with Crippen LogP contribution in [0.15, 0.2) is 53.0 Å². The van der Waals surface area contributed by atoms with Gasteiger partial charge in [-0.05, 0) is 48.5 Å². The summed E-state index contributed by atoms with van der Waals surface area (Å²) in [6, 6.07) is 13.7. The maximum atomic E-state index is 12.3. The number of alkyl halides is 3. The van der Waals surface area contributed by atoms with Crippen LogP contribution in [0.3, 0.4) is 0 Å². The minimum atomic E-state index is -1.74. The predicted octanol–water partition coefficient (Wildman–Crippen LogP) is 5.64. The largest absolute Gasteiger partial charge is 0.362 e. The number of amides is 1. The first-order chi connectivity index (χ1) is 10.8. The van der Waals surface area contributed by atoms with Crippen molar-refractivity contribution in [2.45, 2.75) is 9.96 Å². The van der Waals surface area contributed by atoms with Crippen LogP contribution >= 0.6 is 62.3 Å². The number of hydrogen-bond donors (Lipinski definition) is 2. The third-order valence-electron chi connectivity index (χ3n) is 2.86. The number of benzene rings is 2. The Morgan fingerprint density at radius 1 is 1.00 bits per heavy atom. The van der Waals surface area contributed by atoms with Crippen LogP contribution in [0.5, 0.6) is 0 Å². The molecule has 1 amide bonds. The van der Waals surface area contributed by atoms with Crippen molar-refractivity contribution in [3.05, 3.63) is 63.6 Å². The summed E-state index contributed by atoms with van der Waals surface area (Å²) in [5, 5.41) is 6.17. The molecule has 0 fully saturated rings. The maximum absolute atomic E-state index is 12.3. The fourth-order valence-electron chi connectivity index (χ4n) is 1.73. The average molecular weight is 457 g/mol. The lowest BCUT2D eigenvalue weighted by Gasteiger charge is -2.27. The zero-order chi connectivity index (χ0) is 17.0. The number of anilines is 1. The zero-order valence-electron chi connectivity index (χ0n) is 11.5. The van der Waals surface area contributed by atoms with Crippen molar-refractivity contribution in [2.75, 3.05) is 5.32 Å². The zero-order valence-corrected chi connectivity index (χ0v) is 16.1. The van der Waals surface area contributed by atoms with E-state index < -0.39 is 9.96 Å². The van der Waals surface area contributed by atoms with E-state index in [1.165, 1.54) is 0 Å². The summed E-state index contributed by atoms with van der Waals surface area (Å²) < 4.78 is -0.825. The minimum absolute atomic E-state index is 0.386. The summed E-state index contributed by atoms with van der Waals surface area (Å²) in [6.45, 7) is 0. The molecule has 0 heterocycles. The van der Waals surface area contributed by atoms with E-state index in [0.717, 1.165) is 4.47 Å². The molecule has 8 heteroatoms. The van der Waals surface area contributed by atoms with Crippen molar-refractivity contribution in [1.82, 2.24) is 5.32 Å². The Bertz CT molecular complexity index is 671. The quantitative estimate of drug-likeness (QED) is 0.461. The Hall–Kier alpha value is -0.650. The number of carbonyl (C=O) groups excluding carboxylic acids is 1. The third-order valence-corrected chi connectivity index (χ3v) is 4.30. The van der Waals surface area contributed by atoms with E-state index in [4.69, 9.17) is 46.4 Å². The monoisotopic (exact) mass is 454 g/mol. The van der Waals surface area contributed by atoms with E-state index in [2.05, 4.69) is 26.6 Å². The van der Waals surface area contributed by atoms with Gasteiger partial charge in [0.15, 0.2) is 0 Å². The second-order valence-electron chi connectivity index (χ2n) is 4.61. The van der Waals surface area contributed by atoms with Crippen molar-refractivity contribution in [3.8, 4) is 0 Å². The maximum Gasteiger partial charge on any atom is 0.252 e. The van der Waals surface area contributed by atoms with Gasteiger partial charge in [-0.3, -0.25) is 4.79 Å². The fourth-order valence-corrected chi connectivity index (χ4v) is 2.45. The molecule has 0 saturated heterocycles. The molecule has 0 bridgehead atoms. The number of rotatable bonds is 4. The van der Waals surface area contributed by atoms with E-state index in [9.17, 15) is 4.79 Å². The van der Waals surface area contributed by atoms with Gasteiger partial charge >= 0.3 is 0 Å². The minimum Gasteiger partial charge on any atom is -0.362 e. The first-order valence-electron chi connectivity index (χ1n) is 6.41. The molecule has 0 aliphatic rings. The molecule has 0 saturated carbocycles. The Morgan fingerprint density at radius 2 is 1.57 bits per heavy atom. The molecule has 0 aliphatic carbocycles. The summed E-state index contributed by atoms with van der Waals surface area (Å²) in [5.74, 6) is -0.386. The van der Waals surface area contributed by atoms with Crippen molar-refractivity contribution in [2.24, 2.45) is 0 Å². The molecule has 2 aromatic rings. The molecule has 0 radical (unpaired) electrons. The van der Waals surface area contributed by atoms with Crippen LogP contribution in [-0.4, -0.2) is 15.9 Å². The van der Waals surface area contributed by atoms with E-state index in [0.29, 0.717) is 16.3 Å². The van der Waals surface area contributed by atoms with E-state index in [-0.39, 0.29) is 5.91 Å². The predicted molar refractivity (Wildman–Crippen MR) is 101 cm³/mol. The summed E-state index contributed by atoms with van der Waals surface area (Å²) >= 11 is 27.0. The third kappa shape index (κ3) is 5.73. The molecule has 1 unspecified atom stereocenters. The van der Waals surface area contributed by atoms with Gasteiger partial charge in [0.1, 0.15) is 6.17 Å². The van der Waals surface area contributed by atoms with Gasteiger partial charge in [-0.15, -0.1) is 0 Å². The standard InChI is InChI=1S/C15H11BrCl4N2O/c16-10-3-7-12(8-4-10)21-14(15(18,19)20)22-13(23)9-1-5-11(17)6-2-9/h1-8,14,21H,(H,22,23). The first-order valence-corrected chi connectivity index (χ1v) is 8.71. The highest BCUT2D eigenvalue weighted by Gasteiger charge is 2.34. The summed E-state index contributed by atoms with van der Waals surface area (Å²) in [7, 11) is 0. The van der Waals surface area contributed by atoms with Crippen molar-refractivity contribution >= 4 is 73.9 Å². The van der Waals surface area contributed by atoms with Gasteiger partial charge in [0.05, 0.1) is 0 Å². The number of halogens is 5. The van der Waals surface area contributed by atoms with E-state index in [1.807, 2.05) is 12.1 Å². The number of nitrogens with one attached hydrogen (secondary N) is 2. The average Bonchev–Trinajstić information content (AvgIpc) is 2.48. The van der Waals surface area contributed by atoms with Gasteiger partial charge < -0.3 is 10.6 Å². The van der Waals surface area contributed by atoms with Crippen LogP contribution < -0.4 is 10.6 Å². The molecule has 23 heavy (non-hydrogen) atoms. The van der Waals surface area contributed by atoms with Gasteiger partial charge in [-0.2, -0.15) is 0 Å². The highest BCUT2D eigenvalue weighted by molar-refractivity contribution is 9.10. The molecule has 1 atom stereocenters. The molecular weight excluding hydrogens is 446 g/mol. The number of carbonyl (C=O) groups is 1. The highest BCUT2D eigenvalue weighted by Crippen LogP contribution is 2.31. The lowest BCUT2D eigenvalue weighted by Crippen LogP contribution is -2.49. The summed E-state index contributed by atoms with van der Waals surface area (Å²) in [5.41, 5.74) is 1.10. The van der Waals surface area contributed by atoms with Crippen molar-refractivity contribution in [3.63, 3.8) is 0 Å². The van der Waals surface area contributed by atoms with Crippen LogP contribution in [0.25, 0.3) is 0 Å². The van der Waals surface area contributed by atoms with E-state index in [1.54, 1.807) is 36.4 Å². The molecule has 122 valence electrons. The van der Waals surface area contributed by atoms with Gasteiger partial charge in [0.2, 0.25) is 3.79 Å². The van der Waals surface area contributed by atoms with Crippen molar-refractivity contribution < 1.29 is 4.79 Å². The molecule has 0 aliphatic heterocycles. The Balaban J connectivity index is 2.14. The Labute approximate surface area is 162 Å². The first kappa shape index (κ1) is 18.7. The van der Waals surface area contributed by atoms with Crippen LogP contribution in [0.2, 0.25) is 5.02 Å². The summed E-state index contributed by atoms with van der Waals surface area (Å²) in [4.78, 5) is 12.3. The topological polar surface area (TPSA) is 41.1 Å². The lowest BCUT2D eigenvalue weighted by atomic mass is 10.2. The SMILES string of the molecule is O=C(NC(Nc1ccc(Br)cc1)C(Cl)(Cl)Cl)c1ccc(Cl)cc1. The molecule has 2 aromatic carbocycles. The van der Waals surface area contributed by atoms with Crippen molar-refractivity contribution in [1.29, 1.82) is 0 Å². The molecule has 2 N–H and O–H groups in total. The fraction of sp³-hybridized carbons (Fsp3) is 0.133. The normalized spacial score (nSPS) is 12.6. The van der Waals surface area contributed by atoms with Crippen LogP contribution in [-0.2, 0) is 0 Å². The molecule has 2 rings (SSSR count). The number of hydrogen-bond acceptors (Lipinski definition) is 2. The molecule has 3 nitrogen and oxygen atoms in total. The smallest absolute Gasteiger partial charge is 0.252 e. The van der Waals surface area contributed by atoms with Gasteiger partial charge in [0, 0.05) is 20.7 Å². The second-order valence-corrected chi connectivity index (χ2v) is 8.33. The van der Waals surface area contributed by atoms with Crippen LogP contribution in [0, 0.1) is 0 Å². The lowest BCUT2D eigenvalue weighted by molar-refractivity contribution is 0.0942. The van der Waals surface area contributed by atoms with Gasteiger partial charge in [0.25, 0.3) is 5.91 Å². The van der Waals surface area contributed by atoms with Crippen LogP contribution in [0.4, 0.5) is 5.69 Å². The van der Waals surface area contributed by atoms with E-state index >= 15 is 0 Å². The molecule has 0 spiro atoms. The molecular formula is C15H11BrCl4N2O. The summed E-state index contributed by atoms with van der Waals surface area (Å²) in [6.07, 6.45) is -0.920.